The Morgan fingerprint density at radius 2 is 1.45 bits per heavy atom. The van der Waals surface area contributed by atoms with Crippen LogP contribution in [0.15, 0.2) is 66.7 Å². The van der Waals surface area contributed by atoms with E-state index >= 15 is 0 Å². The van der Waals surface area contributed by atoms with Gasteiger partial charge in [-0.15, -0.1) is 0 Å². The van der Waals surface area contributed by atoms with Gasteiger partial charge in [-0.25, -0.2) is 0 Å². The van der Waals surface area contributed by atoms with E-state index in [2.05, 4.69) is 33.0 Å². The van der Waals surface area contributed by atoms with Gasteiger partial charge in [0.25, 0.3) is 11.8 Å². The molecule has 3 amide bonds. The molecule has 0 spiro atoms. The predicted octanol–water partition coefficient (Wildman–Crippen LogP) is 7.46. The molecule has 3 aromatic rings. The lowest BCUT2D eigenvalue weighted by molar-refractivity contribution is -0.124. The summed E-state index contributed by atoms with van der Waals surface area (Å²) in [5.74, 6) is 0.150. The first-order chi connectivity index (χ1) is 20.1. The normalized spacial score (nSPS) is 14.4. The number of rotatable bonds is 12. The molecule has 0 radical (unpaired) electrons. The molecule has 7 heteroatoms. The van der Waals surface area contributed by atoms with E-state index in [-0.39, 0.29) is 35.6 Å². The van der Waals surface area contributed by atoms with Gasteiger partial charge >= 0.3 is 0 Å². The van der Waals surface area contributed by atoms with Crippen molar-refractivity contribution in [1.29, 1.82) is 0 Å². The fourth-order valence-electron chi connectivity index (χ4n) is 6.05. The van der Waals surface area contributed by atoms with Gasteiger partial charge in [0.05, 0.1) is 37.8 Å². The average Bonchev–Trinajstić information content (AvgIpc) is 3.20. The molecule has 2 unspecified atom stereocenters. The van der Waals surface area contributed by atoms with E-state index in [0.717, 1.165) is 36.8 Å². The third-order valence-corrected chi connectivity index (χ3v) is 7.99. The van der Waals surface area contributed by atoms with Crippen molar-refractivity contribution >= 4 is 23.4 Å². The lowest BCUT2D eigenvalue weighted by atomic mass is 9.68. The van der Waals surface area contributed by atoms with Crippen LogP contribution in [0.25, 0.3) is 0 Å². The standard InChI is InChI=1S/C35H42N2O5/c1-7-8-9-18-27(30-28(41-5)19-13-20-29(30)42-6)31(35(2,3)4)32(38)36-24-15-12-14-23(21-24)22-37-33(39)25-16-10-11-17-26(25)34(37)40/h10-17,19-21,27,31H,7-9,18,22H2,1-6H3,(H,36,38). The first-order valence-corrected chi connectivity index (χ1v) is 14.7. The number of carbonyl (C=O) groups is 3. The van der Waals surface area contributed by atoms with Gasteiger partial charge in [0.2, 0.25) is 5.91 Å². The van der Waals surface area contributed by atoms with Crippen LogP contribution in [0.4, 0.5) is 5.69 Å². The number of unbranched alkanes of at least 4 members (excludes halogenated alkanes) is 2. The first kappa shape index (κ1) is 30.8. The van der Waals surface area contributed by atoms with Gasteiger partial charge in [0.1, 0.15) is 11.5 Å². The Balaban J connectivity index is 1.63. The fourth-order valence-corrected chi connectivity index (χ4v) is 6.05. The van der Waals surface area contributed by atoms with Crippen molar-refractivity contribution in [2.45, 2.75) is 65.8 Å². The third kappa shape index (κ3) is 6.51. The summed E-state index contributed by atoms with van der Waals surface area (Å²) in [6.45, 7) is 8.55. The van der Waals surface area contributed by atoms with Crippen molar-refractivity contribution < 1.29 is 23.9 Å². The molecule has 1 aliphatic heterocycles. The minimum absolute atomic E-state index is 0.102. The van der Waals surface area contributed by atoms with Crippen molar-refractivity contribution in [2.24, 2.45) is 11.3 Å². The maximum Gasteiger partial charge on any atom is 0.261 e. The van der Waals surface area contributed by atoms with Crippen LogP contribution in [0.3, 0.4) is 0 Å². The molecule has 4 rings (SSSR count). The number of hydrogen-bond donors (Lipinski definition) is 1. The summed E-state index contributed by atoms with van der Waals surface area (Å²) >= 11 is 0. The number of benzene rings is 3. The maximum atomic E-state index is 14.2. The Labute approximate surface area is 249 Å². The van der Waals surface area contributed by atoms with Crippen LogP contribution in [0.2, 0.25) is 0 Å². The second-order valence-corrected chi connectivity index (χ2v) is 12.0. The molecular formula is C35H42N2O5. The first-order valence-electron chi connectivity index (χ1n) is 14.7. The molecule has 2 atom stereocenters. The van der Waals surface area contributed by atoms with Crippen LogP contribution in [-0.4, -0.2) is 36.8 Å². The Bertz CT molecular complexity index is 1380. The highest BCUT2D eigenvalue weighted by molar-refractivity contribution is 6.21. The summed E-state index contributed by atoms with van der Waals surface area (Å²) < 4.78 is 11.6. The van der Waals surface area contributed by atoms with E-state index in [1.807, 2.05) is 42.5 Å². The highest BCUT2D eigenvalue weighted by Crippen LogP contribution is 2.47. The number of methoxy groups -OCH3 is 2. The second-order valence-electron chi connectivity index (χ2n) is 12.0. The quantitative estimate of drug-likeness (QED) is 0.180. The number of carbonyl (C=O) groups excluding carboxylic acids is 3. The Morgan fingerprint density at radius 1 is 0.857 bits per heavy atom. The number of anilines is 1. The van der Waals surface area contributed by atoms with Crippen molar-refractivity contribution in [3.63, 3.8) is 0 Å². The van der Waals surface area contributed by atoms with E-state index in [4.69, 9.17) is 9.47 Å². The minimum atomic E-state index is -0.403. The molecule has 1 N–H and O–H groups in total. The number of amides is 3. The maximum absolute atomic E-state index is 14.2. The summed E-state index contributed by atoms with van der Waals surface area (Å²) in [4.78, 5) is 41.3. The number of nitrogens with zero attached hydrogens (tertiary/aromatic N) is 1. The molecule has 222 valence electrons. The molecule has 0 aromatic heterocycles. The zero-order valence-corrected chi connectivity index (χ0v) is 25.5. The zero-order valence-electron chi connectivity index (χ0n) is 25.5. The molecule has 1 aliphatic rings. The lowest BCUT2D eigenvalue weighted by Crippen LogP contribution is -2.38. The highest BCUT2D eigenvalue weighted by atomic mass is 16.5. The van der Waals surface area contributed by atoms with E-state index in [9.17, 15) is 14.4 Å². The number of hydrogen-bond acceptors (Lipinski definition) is 5. The van der Waals surface area contributed by atoms with Crippen LogP contribution in [-0.2, 0) is 11.3 Å². The molecule has 3 aromatic carbocycles. The van der Waals surface area contributed by atoms with E-state index < -0.39 is 5.92 Å². The number of imide groups is 1. The number of nitrogens with one attached hydrogen (secondary N) is 1. The van der Waals surface area contributed by atoms with Gasteiger partial charge in [-0.2, -0.15) is 0 Å². The van der Waals surface area contributed by atoms with Gasteiger partial charge in [-0.1, -0.05) is 77.3 Å². The summed E-state index contributed by atoms with van der Waals surface area (Å²) in [5.41, 5.74) is 2.72. The third-order valence-electron chi connectivity index (χ3n) is 7.99. The summed E-state index contributed by atoms with van der Waals surface area (Å²) in [7, 11) is 3.29. The topological polar surface area (TPSA) is 84.9 Å². The fraction of sp³-hybridized carbons (Fsp3) is 0.400. The van der Waals surface area contributed by atoms with Crippen LogP contribution in [0.5, 0.6) is 11.5 Å². The lowest BCUT2D eigenvalue weighted by Gasteiger charge is -2.37. The molecule has 0 saturated heterocycles. The zero-order chi connectivity index (χ0) is 30.4. The Hall–Kier alpha value is -4.13. The van der Waals surface area contributed by atoms with Gasteiger partial charge in [0.15, 0.2) is 0 Å². The van der Waals surface area contributed by atoms with Crippen LogP contribution in [0, 0.1) is 11.3 Å². The molecular weight excluding hydrogens is 528 g/mol. The molecule has 1 heterocycles. The summed E-state index contributed by atoms with van der Waals surface area (Å²) in [5, 5.41) is 3.16. The molecule has 0 bridgehead atoms. The van der Waals surface area contributed by atoms with Gasteiger partial charge in [0, 0.05) is 17.2 Å². The van der Waals surface area contributed by atoms with Crippen LogP contribution < -0.4 is 14.8 Å². The summed E-state index contributed by atoms with van der Waals surface area (Å²) in [6, 6.07) is 19.9. The van der Waals surface area contributed by atoms with Gasteiger partial charge in [-0.05, 0) is 53.8 Å². The van der Waals surface area contributed by atoms with E-state index in [1.165, 1.54) is 4.90 Å². The average molecular weight is 571 g/mol. The second kappa shape index (κ2) is 13.2. The highest BCUT2D eigenvalue weighted by Gasteiger charge is 2.41. The van der Waals surface area contributed by atoms with Crippen LogP contribution >= 0.6 is 0 Å². The largest absolute Gasteiger partial charge is 0.496 e. The van der Waals surface area contributed by atoms with Crippen molar-refractivity contribution in [3.05, 3.63) is 89.0 Å². The van der Waals surface area contributed by atoms with Crippen molar-refractivity contribution in [2.75, 3.05) is 19.5 Å². The SMILES string of the molecule is CCCCCC(c1c(OC)cccc1OC)C(C(=O)Nc1cccc(CN2C(=O)c3ccccc3C2=O)c1)C(C)(C)C. The Morgan fingerprint density at radius 3 is 2.00 bits per heavy atom. The number of ether oxygens (including phenoxy) is 2. The molecule has 0 aliphatic carbocycles. The van der Waals surface area contributed by atoms with Crippen LogP contribution in [0.1, 0.15) is 91.1 Å². The monoisotopic (exact) mass is 570 g/mol. The molecule has 0 saturated carbocycles. The van der Waals surface area contributed by atoms with Gasteiger partial charge in [-0.3, -0.25) is 19.3 Å². The van der Waals surface area contributed by atoms with Gasteiger partial charge < -0.3 is 14.8 Å². The minimum Gasteiger partial charge on any atom is -0.496 e. The Kier molecular flexibility index (Phi) is 9.71. The van der Waals surface area contributed by atoms with Crippen molar-refractivity contribution in [1.82, 2.24) is 4.90 Å². The number of fused-ring (bicyclic) bond motifs is 1. The molecule has 0 fully saturated rings. The predicted molar refractivity (Wildman–Crippen MR) is 165 cm³/mol. The van der Waals surface area contributed by atoms with E-state index in [1.54, 1.807) is 38.5 Å². The van der Waals surface area contributed by atoms with E-state index in [0.29, 0.717) is 28.3 Å². The molecule has 42 heavy (non-hydrogen) atoms. The smallest absolute Gasteiger partial charge is 0.261 e. The molecule has 7 nitrogen and oxygen atoms in total. The van der Waals surface area contributed by atoms with Crippen molar-refractivity contribution in [3.8, 4) is 11.5 Å². The summed E-state index contributed by atoms with van der Waals surface area (Å²) in [6.07, 6.45) is 3.91.